The van der Waals surface area contributed by atoms with Crippen molar-refractivity contribution < 1.29 is 19.1 Å². The minimum Gasteiger partial charge on any atom is -0.465 e. The van der Waals surface area contributed by atoms with Crippen LogP contribution in [0.15, 0.2) is 0 Å². The summed E-state index contributed by atoms with van der Waals surface area (Å²) in [5.74, 6) is -0.438. The third-order valence-corrected chi connectivity index (χ3v) is 2.42. The Labute approximate surface area is 77.2 Å². The van der Waals surface area contributed by atoms with E-state index in [0.717, 1.165) is 0 Å². The molecule has 2 atom stereocenters. The van der Waals surface area contributed by atoms with Crippen molar-refractivity contribution in [3.63, 3.8) is 0 Å². The van der Waals surface area contributed by atoms with E-state index in [1.54, 1.807) is 0 Å². The van der Waals surface area contributed by atoms with E-state index in [2.05, 4.69) is 0 Å². The van der Waals surface area contributed by atoms with Crippen molar-refractivity contribution in [1.82, 2.24) is 0 Å². The summed E-state index contributed by atoms with van der Waals surface area (Å²) in [5.41, 5.74) is -0.438. The van der Waals surface area contributed by atoms with Crippen LogP contribution in [0.4, 0.5) is 0 Å². The number of rotatable bonds is 3. The summed E-state index contributed by atoms with van der Waals surface area (Å²) in [6, 6.07) is 0. The highest BCUT2D eigenvalue weighted by Crippen LogP contribution is 2.34. The van der Waals surface area contributed by atoms with Crippen LogP contribution in [0, 0.1) is 5.92 Å². The molecule has 0 spiro atoms. The molecular weight excluding hydrogens is 172 g/mol. The van der Waals surface area contributed by atoms with Crippen LogP contribution in [0.5, 0.6) is 0 Å². The molecule has 0 radical (unpaired) electrons. The fourth-order valence-electron chi connectivity index (χ4n) is 1.23. The average Bonchev–Trinajstić information content (AvgIpc) is 1.97. The van der Waals surface area contributed by atoms with Crippen LogP contribution in [-0.2, 0) is 19.1 Å². The van der Waals surface area contributed by atoms with Gasteiger partial charge in [-0.05, 0) is 6.92 Å². The minimum atomic E-state index is -0.438. The molecule has 0 N–H and O–H groups in total. The van der Waals surface area contributed by atoms with Crippen molar-refractivity contribution in [3.8, 4) is 0 Å². The Balaban J connectivity index is 2.35. The van der Waals surface area contributed by atoms with Gasteiger partial charge in [0.1, 0.15) is 5.60 Å². The van der Waals surface area contributed by atoms with Crippen LogP contribution in [0.25, 0.3) is 0 Å². The lowest BCUT2D eigenvalue weighted by Gasteiger charge is -2.41. The van der Waals surface area contributed by atoms with Crippen LogP contribution in [0.2, 0.25) is 0 Å². The molecule has 4 heteroatoms. The molecule has 0 saturated carbocycles. The summed E-state index contributed by atoms with van der Waals surface area (Å²) in [6.07, 6.45) is 0.412. The topological polar surface area (TPSA) is 52.6 Å². The maximum absolute atomic E-state index is 10.6. The predicted octanol–water partition coefficient (Wildman–Crippen LogP) is 0.891. The van der Waals surface area contributed by atoms with Crippen molar-refractivity contribution in [2.75, 3.05) is 6.61 Å². The molecule has 4 nitrogen and oxygen atoms in total. The van der Waals surface area contributed by atoms with Crippen molar-refractivity contribution >= 4 is 11.9 Å². The van der Waals surface area contributed by atoms with E-state index in [4.69, 9.17) is 9.47 Å². The molecule has 1 heterocycles. The summed E-state index contributed by atoms with van der Waals surface area (Å²) < 4.78 is 9.82. The molecule has 2 unspecified atom stereocenters. The Bertz CT molecular complexity index is 226. The fraction of sp³-hybridized carbons (Fsp3) is 0.778. The predicted molar refractivity (Wildman–Crippen MR) is 44.9 cm³/mol. The lowest BCUT2D eigenvalue weighted by Crippen LogP contribution is -2.51. The molecule has 0 amide bonds. The number of carbonyl (C=O) groups excluding carboxylic acids is 2. The second-order valence-corrected chi connectivity index (χ2v) is 3.67. The number of ether oxygens (including phenoxy) is 2. The summed E-state index contributed by atoms with van der Waals surface area (Å²) in [7, 11) is 0. The Morgan fingerprint density at radius 3 is 2.69 bits per heavy atom. The first-order valence-electron chi connectivity index (χ1n) is 4.29. The second-order valence-electron chi connectivity index (χ2n) is 3.67. The van der Waals surface area contributed by atoms with E-state index in [1.165, 1.54) is 6.92 Å². The third-order valence-electron chi connectivity index (χ3n) is 2.42. The summed E-state index contributed by atoms with van der Waals surface area (Å²) in [6.45, 7) is 5.42. The zero-order valence-corrected chi connectivity index (χ0v) is 8.12. The van der Waals surface area contributed by atoms with E-state index < -0.39 is 5.60 Å². The molecule has 0 bridgehead atoms. The fourth-order valence-corrected chi connectivity index (χ4v) is 1.23. The lowest BCUT2D eigenvalue weighted by molar-refractivity contribution is -0.200. The van der Waals surface area contributed by atoms with E-state index in [9.17, 15) is 9.59 Å². The molecule has 1 fully saturated rings. The zero-order valence-electron chi connectivity index (χ0n) is 8.12. The van der Waals surface area contributed by atoms with Gasteiger partial charge < -0.3 is 9.47 Å². The largest absolute Gasteiger partial charge is 0.465 e. The highest BCUT2D eigenvalue weighted by atomic mass is 16.6. The summed E-state index contributed by atoms with van der Waals surface area (Å²) in [5, 5.41) is 0. The third kappa shape index (κ3) is 2.20. The highest BCUT2D eigenvalue weighted by Gasteiger charge is 2.46. The van der Waals surface area contributed by atoms with Gasteiger partial charge in [-0.25, -0.2) is 0 Å². The average molecular weight is 186 g/mol. The van der Waals surface area contributed by atoms with Crippen molar-refractivity contribution in [2.45, 2.75) is 32.8 Å². The van der Waals surface area contributed by atoms with Crippen molar-refractivity contribution in [1.29, 1.82) is 0 Å². The first kappa shape index (κ1) is 10.0. The van der Waals surface area contributed by atoms with Gasteiger partial charge in [0.2, 0.25) is 0 Å². The van der Waals surface area contributed by atoms with Crippen LogP contribution < -0.4 is 0 Å². The second kappa shape index (κ2) is 3.36. The molecule has 0 aromatic carbocycles. The van der Waals surface area contributed by atoms with E-state index in [-0.39, 0.29) is 17.9 Å². The standard InChI is InChI=1S/C9H14O4/c1-6(5-12-7(2)10)9(3)4-8(11)13-9/h6H,4-5H2,1-3H3. The Kier molecular flexibility index (Phi) is 2.59. The van der Waals surface area contributed by atoms with Gasteiger partial charge in [-0.3, -0.25) is 9.59 Å². The van der Waals surface area contributed by atoms with Crippen LogP contribution in [0.3, 0.4) is 0 Å². The molecule has 1 aliphatic heterocycles. The molecule has 0 aromatic heterocycles. The van der Waals surface area contributed by atoms with Gasteiger partial charge in [-0.2, -0.15) is 0 Å². The zero-order chi connectivity index (χ0) is 10.1. The van der Waals surface area contributed by atoms with Gasteiger partial charge in [0.05, 0.1) is 13.0 Å². The molecule has 1 rings (SSSR count). The Hall–Kier alpha value is -1.06. The minimum absolute atomic E-state index is 0.0501. The first-order valence-corrected chi connectivity index (χ1v) is 4.29. The summed E-state index contributed by atoms with van der Waals surface area (Å²) in [4.78, 5) is 21.1. The SMILES string of the molecule is CC(=O)OCC(C)C1(C)CC(=O)O1. The molecule has 74 valence electrons. The van der Waals surface area contributed by atoms with Gasteiger partial charge in [-0.15, -0.1) is 0 Å². The number of hydrogen-bond acceptors (Lipinski definition) is 4. The molecule has 13 heavy (non-hydrogen) atoms. The van der Waals surface area contributed by atoms with Crippen molar-refractivity contribution in [2.24, 2.45) is 5.92 Å². The maximum atomic E-state index is 10.6. The molecule has 0 aromatic rings. The van der Waals surface area contributed by atoms with Gasteiger partial charge >= 0.3 is 11.9 Å². The van der Waals surface area contributed by atoms with Gasteiger partial charge in [-0.1, -0.05) is 6.92 Å². The molecule has 1 aliphatic rings. The Morgan fingerprint density at radius 2 is 2.31 bits per heavy atom. The maximum Gasteiger partial charge on any atom is 0.310 e. The van der Waals surface area contributed by atoms with E-state index in [1.807, 2.05) is 13.8 Å². The van der Waals surface area contributed by atoms with E-state index >= 15 is 0 Å². The normalized spacial score (nSPS) is 28.7. The molecule has 1 saturated heterocycles. The van der Waals surface area contributed by atoms with Crippen molar-refractivity contribution in [3.05, 3.63) is 0 Å². The number of cyclic esters (lactones) is 1. The van der Waals surface area contributed by atoms with Crippen LogP contribution in [0.1, 0.15) is 27.2 Å². The molecular formula is C9H14O4. The highest BCUT2D eigenvalue weighted by molar-refractivity contribution is 5.76. The number of carbonyl (C=O) groups is 2. The van der Waals surface area contributed by atoms with Gasteiger partial charge in [0.25, 0.3) is 0 Å². The quantitative estimate of drug-likeness (QED) is 0.614. The Morgan fingerprint density at radius 1 is 1.77 bits per heavy atom. The van der Waals surface area contributed by atoms with Gasteiger partial charge in [0.15, 0.2) is 0 Å². The number of esters is 2. The number of hydrogen-bond donors (Lipinski definition) is 0. The monoisotopic (exact) mass is 186 g/mol. The van der Waals surface area contributed by atoms with Crippen LogP contribution >= 0.6 is 0 Å². The lowest BCUT2D eigenvalue weighted by atomic mass is 9.84. The van der Waals surface area contributed by atoms with E-state index in [0.29, 0.717) is 13.0 Å². The summed E-state index contributed by atoms with van der Waals surface area (Å²) >= 11 is 0. The van der Waals surface area contributed by atoms with Gasteiger partial charge in [0, 0.05) is 12.8 Å². The first-order chi connectivity index (χ1) is 5.94. The molecule has 0 aliphatic carbocycles. The van der Waals surface area contributed by atoms with Crippen LogP contribution in [-0.4, -0.2) is 24.1 Å². The smallest absolute Gasteiger partial charge is 0.310 e.